The fourth-order valence-corrected chi connectivity index (χ4v) is 8.93. The molecule has 1 fully saturated rings. The number of carboxylic acid groups (broad SMARTS) is 1. The van der Waals surface area contributed by atoms with Crippen LogP contribution in [0.2, 0.25) is 0 Å². The van der Waals surface area contributed by atoms with E-state index in [-0.39, 0.29) is 29.9 Å². The fourth-order valence-electron chi connectivity index (χ4n) is 5.04. The van der Waals surface area contributed by atoms with Gasteiger partial charge < -0.3 is 14.7 Å². The molecular formula is C32H27N2O7P. The smallest absolute Gasteiger partial charge is 0.383 e. The van der Waals surface area contributed by atoms with Crippen LogP contribution >= 0.6 is 6.89 Å². The number of benzene rings is 4. The van der Waals surface area contributed by atoms with Crippen molar-refractivity contribution in [1.82, 2.24) is 4.90 Å². The van der Waals surface area contributed by atoms with Crippen LogP contribution in [0.5, 0.6) is 0 Å². The van der Waals surface area contributed by atoms with Gasteiger partial charge in [0, 0.05) is 12.3 Å². The van der Waals surface area contributed by atoms with Gasteiger partial charge in [-0.3, -0.25) is 19.7 Å². The number of β-lactam (4-membered cyclic amide) rings is 1. The quantitative estimate of drug-likeness (QED) is 0.0749. The topological polar surface area (TPSA) is 127 Å². The van der Waals surface area contributed by atoms with Crippen molar-refractivity contribution in [2.45, 2.75) is 25.1 Å². The van der Waals surface area contributed by atoms with Crippen LogP contribution in [0.3, 0.4) is 0 Å². The van der Waals surface area contributed by atoms with Crippen molar-refractivity contribution >= 4 is 46.6 Å². The van der Waals surface area contributed by atoms with Crippen LogP contribution in [-0.4, -0.2) is 44.7 Å². The van der Waals surface area contributed by atoms with E-state index in [1.54, 1.807) is 42.5 Å². The maximum atomic E-state index is 13.0. The van der Waals surface area contributed by atoms with Crippen LogP contribution in [-0.2, 0) is 14.3 Å². The number of hydrogen-bond acceptors (Lipinski definition) is 6. The first kappa shape index (κ1) is 28.5. The first-order valence-corrected chi connectivity index (χ1v) is 15.0. The van der Waals surface area contributed by atoms with Gasteiger partial charge in [0.05, 0.1) is 28.5 Å². The standard InChI is InChI=1S/C32H27N2O7P/c35-29-20-25(21-30(36)37)33(29)22-42(26-12-6-2-7-13-26,27-14-8-3-9-15-27)28-18-16-24(17-19-28)32(38)41-31(34(39)40)23-10-4-1-5-11-23/h1-19,22,25,31H,20-21H2,(H,36,37). The molecule has 0 aliphatic carbocycles. The van der Waals surface area contributed by atoms with Gasteiger partial charge in [-0.05, 0) is 47.1 Å². The Morgan fingerprint density at radius 2 is 1.38 bits per heavy atom. The molecule has 42 heavy (non-hydrogen) atoms. The number of aliphatic carboxylic acids is 1. The SMILES string of the molecule is O=C(O)CC1CC(=O)N1C=P(c1ccccc1)(c1ccccc1)c1ccc(C(=O)OC(c2ccccc2)[N+](=O)[O-])cc1. The second kappa shape index (κ2) is 12.2. The zero-order chi connectivity index (χ0) is 29.7. The van der Waals surface area contributed by atoms with Crippen LogP contribution in [0.1, 0.15) is 35.0 Å². The number of nitro groups is 1. The predicted octanol–water partition coefficient (Wildman–Crippen LogP) is 3.95. The van der Waals surface area contributed by atoms with Gasteiger partial charge in [-0.2, -0.15) is 0 Å². The molecule has 1 N–H and O–H groups in total. The molecule has 1 saturated heterocycles. The van der Waals surface area contributed by atoms with Crippen LogP contribution in [0, 0.1) is 10.1 Å². The van der Waals surface area contributed by atoms with E-state index in [9.17, 15) is 29.6 Å². The number of carboxylic acids is 1. The van der Waals surface area contributed by atoms with Gasteiger partial charge in [-0.1, -0.05) is 91.0 Å². The zero-order valence-electron chi connectivity index (χ0n) is 22.4. The highest BCUT2D eigenvalue weighted by molar-refractivity contribution is 7.94. The lowest BCUT2D eigenvalue weighted by molar-refractivity contribution is -0.574. The monoisotopic (exact) mass is 582 g/mol. The first-order chi connectivity index (χ1) is 20.3. The van der Waals surface area contributed by atoms with E-state index < -0.39 is 36.0 Å². The molecule has 10 heteroatoms. The third-order valence-electron chi connectivity index (χ3n) is 7.13. The normalized spacial score (nSPS) is 15.3. The molecule has 2 atom stereocenters. The summed E-state index contributed by atoms with van der Waals surface area (Å²) in [7, 11) is 0. The molecule has 0 saturated carbocycles. The van der Waals surface area contributed by atoms with Crippen molar-refractivity contribution in [3.8, 4) is 0 Å². The molecule has 9 nitrogen and oxygen atoms in total. The highest BCUT2D eigenvalue weighted by Gasteiger charge is 2.39. The molecule has 0 radical (unpaired) electrons. The number of rotatable bonds is 10. The highest BCUT2D eigenvalue weighted by Crippen LogP contribution is 2.45. The zero-order valence-corrected chi connectivity index (χ0v) is 23.2. The number of esters is 1. The summed E-state index contributed by atoms with van der Waals surface area (Å²) in [5.41, 5.74) is 0.375. The van der Waals surface area contributed by atoms with Gasteiger partial charge in [0.2, 0.25) is 5.91 Å². The summed E-state index contributed by atoms with van der Waals surface area (Å²) in [6.45, 7) is -2.71. The van der Waals surface area contributed by atoms with E-state index in [1.165, 1.54) is 17.0 Å². The molecule has 212 valence electrons. The molecule has 1 heterocycles. The van der Waals surface area contributed by atoms with Gasteiger partial charge in [-0.15, -0.1) is 0 Å². The number of carbonyl (C=O) groups is 3. The van der Waals surface area contributed by atoms with Crippen molar-refractivity contribution in [2.75, 3.05) is 0 Å². The van der Waals surface area contributed by atoms with Gasteiger partial charge in [0.15, 0.2) is 0 Å². The molecule has 5 rings (SSSR count). The molecule has 0 spiro atoms. The molecule has 0 bridgehead atoms. The van der Waals surface area contributed by atoms with Gasteiger partial charge >= 0.3 is 18.2 Å². The van der Waals surface area contributed by atoms with Crippen LogP contribution < -0.4 is 15.9 Å². The maximum absolute atomic E-state index is 13.0. The Morgan fingerprint density at radius 1 is 0.881 bits per heavy atom. The Balaban J connectivity index is 1.60. The molecule has 4 aromatic carbocycles. The summed E-state index contributed by atoms with van der Waals surface area (Å²) in [5.74, 6) is -0.119. The second-order valence-corrected chi connectivity index (χ2v) is 13.0. The van der Waals surface area contributed by atoms with E-state index in [4.69, 9.17) is 4.74 Å². The summed E-state index contributed by atoms with van der Waals surface area (Å²) < 4.78 is 5.29. The number of carbonyl (C=O) groups excluding carboxylic acids is 2. The van der Waals surface area contributed by atoms with Crippen molar-refractivity contribution in [1.29, 1.82) is 0 Å². The Hall–Kier alpha value is -5.01. The summed E-state index contributed by atoms with van der Waals surface area (Å²) >= 11 is 0. The van der Waals surface area contributed by atoms with Crippen LogP contribution in [0.25, 0.3) is 0 Å². The third-order valence-corrected chi connectivity index (χ3v) is 11.1. The lowest BCUT2D eigenvalue weighted by Gasteiger charge is -2.41. The Kier molecular flexibility index (Phi) is 8.31. The first-order valence-electron chi connectivity index (χ1n) is 13.2. The fraction of sp³-hybridized carbons (Fsp3) is 0.125. The number of amides is 1. The van der Waals surface area contributed by atoms with E-state index >= 15 is 0 Å². The predicted molar refractivity (Wildman–Crippen MR) is 160 cm³/mol. The minimum Gasteiger partial charge on any atom is -0.481 e. The number of nitrogens with zero attached hydrogens (tertiary/aromatic N) is 2. The van der Waals surface area contributed by atoms with Gasteiger partial charge in [0.1, 0.15) is 0 Å². The summed E-state index contributed by atoms with van der Waals surface area (Å²) in [6.07, 6.45) is -1.68. The van der Waals surface area contributed by atoms with Crippen molar-refractivity contribution in [3.63, 3.8) is 0 Å². The summed E-state index contributed by atoms with van der Waals surface area (Å²) in [4.78, 5) is 49.9. The maximum Gasteiger partial charge on any atom is 0.383 e. The minimum absolute atomic E-state index is 0.129. The molecule has 1 aliphatic heterocycles. The molecule has 0 aromatic heterocycles. The largest absolute Gasteiger partial charge is 0.481 e. The second-order valence-electron chi connectivity index (χ2n) is 9.77. The summed E-state index contributed by atoms with van der Waals surface area (Å²) in [5, 5.41) is 23.8. The average Bonchev–Trinajstić information content (AvgIpc) is 3.01. The lowest BCUT2D eigenvalue weighted by Crippen LogP contribution is -2.53. The summed E-state index contributed by atoms with van der Waals surface area (Å²) in [6, 6.07) is 33.5. The van der Waals surface area contributed by atoms with Crippen LogP contribution in [0.15, 0.2) is 115 Å². The van der Waals surface area contributed by atoms with Gasteiger partial charge in [-0.25, -0.2) is 4.79 Å². The molecule has 1 amide bonds. The van der Waals surface area contributed by atoms with Crippen LogP contribution in [0.4, 0.5) is 0 Å². The van der Waals surface area contributed by atoms with E-state index in [2.05, 4.69) is 0 Å². The van der Waals surface area contributed by atoms with Crippen molar-refractivity contribution < 1.29 is 29.2 Å². The lowest BCUT2D eigenvalue weighted by atomic mass is 10.0. The minimum atomic E-state index is -2.71. The average molecular weight is 583 g/mol. The molecular weight excluding hydrogens is 555 g/mol. The van der Waals surface area contributed by atoms with Crippen molar-refractivity contribution in [2.24, 2.45) is 0 Å². The van der Waals surface area contributed by atoms with E-state index in [1.807, 2.05) is 66.6 Å². The Morgan fingerprint density at radius 3 is 1.86 bits per heavy atom. The third kappa shape index (κ3) is 5.73. The van der Waals surface area contributed by atoms with Crippen molar-refractivity contribution in [3.05, 3.63) is 137 Å². The van der Waals surface area contributed by atoms with E-state index in [0.717, 1.165) is 15.9 Å². The number of hydrogen-bond donors (Lipinski definition) is 1. The molecule has 4 aromatic rings. The Labute approximate surface area is 242 Å². The highest BCUT2D eigenvalue weighted by atomic mass is 31.2. The van der Waals surface area contributed by atoms with E-state index in [0.29, 0.717) is 0 Å². The number of likely N-dealkylation sites (tertiary alicyclic amines) is 1. The molecule has 1 aliphatic rings. The molecule has 2 unspecified atom stereocenters. The number of ether oxygens (including phenoxy) is 1. The Bertz CT molecular complexity index is 1620. The van der Waals surface area contributed by atoms with Gasteiger partial charge in [0.25, 0.3) is 0 Å².